The Morgan fingerprint density at radius 3 is 2.70 bits per heavy atom. The molecule has 0 radical (unpaired) electrons. The molecule has 0 unspecified atom stereocenters. The van der Waals surface area contributed by atoms with Crippen molar-refractivity contribution in [1.82, 2.24) is 9.78 Å². The number of halogens is 1. The summed E-state index contributed by atoms with van der Waals surface area (Å²) in [5, 5.41) is 2.81. The first-order valence-electron chi connectivity index (χ1n) is 2.38. The van der Waals surface area contributed by atoms with Gasteiger partial charge in [0.2, 0.25) is 5.89 Å². The van der Waals surface area contributed by atoms with E-state index in [0.29, 0.717) is 5.89 Å². The van der Waals surface area contributed by atoms with E-state index in [1.165, 1.54) is 0 Å². The third kappa shape index (κ3) is 1.25. The van der Waals surface area contributed by atoms with E-state index in [1.54, 1.807) is 6.92 Å². The Bertz CT molecular complexity index is 315. The fraction of sp³-hybridized carbons (Fsp3) is 0.250. The standard InChI is InChI=1S/C4H3ClN2O2S/c1-2-6-7(3(5)8)4(10)9-2/h1H3. The monoisotopic (exact) mass is 178 g/mol. The number of rotatable bonds is 0. The Morgan fingerprint density at radius 1 is 1.90 bits per heavy atom. The van der Waals surface area contributed by atoms with Crippen LogP contribution in [0.1, 0.15) is 5.89 Å². The maximum atomic E-state index is 10.4. The zero-order chi connectivity index (χ0) is 7.72. The van der Waals surface area contributed by atoms with Gasteiger partial charge in [-0.05, 0) is 23.8 Å². The molecule has 10 heavy (non-hydrogen) atoms. The molecule has 0 fully saturated rings. The first-order chi connectivity index (χ1) is 4.61. The van der Waals surface area contributed by atoms with Gasteiger partial charge in [-0.25, -0.2) is 0 Å². The molecule has 0 bridgehead atoms. The average molecular weight is 179 g/mol. The highest BCUT2D eigenvalue weighted by Crippen LogP contribution is 1.98. The minimum absolute atomic E-state index is 0.0301. The highest BCUT2D eigenvalue weighted by molar-refractivity contribution is 7.71. The summed E-state index contributed by atoms with van der Waals surface area (Å²) in [6, 6.07) is 0. The molecule has 0 spiro atoms. The summed E-state index contributed by atoms with van der Waals surface area (Å²) >= 11 is 9.63. The SMILES string of the molecule is Cc1nn(C(=O)Cl)c(=S)o1. The summed E-state index contributed by atoms with van der Waals surface area (Å²) in [4.78, 5) is 10.4. The van der Waals surface area contributed by atoms with Crippen molar-refractivity contribution in [3.8, 4) is 0 Å². The molecule has 0 saturated heterocycles. The van der Waals surface area contributed by atoms with E-state index in [-0.39, 0.29) is 4.84 Å². The van der Waals surface area contributed by atoms with Crippen LogP contribution >= 0.6 is 23.8 Å². The average Bonchev–Trinajstić information content (AvgIpc) is 2.10. The third-order valence-corrected chi connectivity index (χ3v) is 1.23. The van der Waals surface area contributed by atoms with Gasteiger partial charge in [-0.2, -0.15) is 0 Å². The van der Waals surface area contributed by atoms with Gasteiger partial charge in [-0.1, -0.05) is 0 Å². The Morgan fingerprint density at radius 2 is 2.50 bits per heavy atom. The smallest absolute Gasteiger partial charge is 0.344 e. The van der Waals surface area contributed by atoms with Crippen LogP contribution in [0, 0.1) is 11.8 Å². The van der Waals surface area contributed by atoms with Crippen molar-refractivity contribution in [2.45, 2.75) is 6.92 Å². The number of carbonyl (C=O) groups is 1. The molecular formula is C4H3ClN2O2S. The number of carbonyl (C=O) groups excluding carboxylic acids is 1. The largest absolute Gasteiger partial charge is 0.414 e. The molecule has 0 aromatic carbocycles. The van der Waals surface area contributed by atoms with Gasteiger partial charge < -0.3 is 4.42 Å². The summed E-state index contributed by atoms with van der Waals surface area (Å²) in [7, 11) is 0. The molecule has 0 aliphatic heterocycles. The molecule has 1 aromatic heterocycles. The quantitative estimate of drug-likeness (QED) is 0.448. The number of nitrogens with zero attached hydrogens (tertiary/aromatic N) is 2. The minimum Gasteiger partial charge on any atom is -0.414 e. The molecular weight excluding hydrogens is 176 g/mol. The van der Waals surface area contributed by atoms with Gasteiger partial charge >= 0.3 is 5.37 Å². The predicted molar refractivity (Wildman–Crippen MR) is 36.7 cm³/mol. The molecule has 1 rings (SSSR count). The van der Waals surface area contributed by atoms with Crippen molar-refractivity contribution in [3.05, 3.63) is 10.7 Å². The van der Waals surface area contributed by atoms with Gasteiger partial charge in [-0.15, -0.1) is 9.78 Å². The first kappa shape index (κ1) is 7.43. The van der Waals surface area contributed by atoms with Crippen molar-refractivity contribution >= 4 is 29.2 Å². The summed E-state index contributed by atoms with van der Waals surface area (Å²) in [5.74, 6) is 0.319. The Hall–Kier alpha value is -0.680. The van der Waals surface area contributed by atoms with Gasteiger partial charge in [0, 0.05) is 6.92 Å². The summed E-state index contributed by atoms with van der Waals surface area (Å²) < 4.78 is 5.55. The molecule has 54 valence electrons. The zero-order valence-electron chi connectivity index (χ0n) is 5.00. The highest BCUT2D eigenvalue weighted by Gasteiger charge is 2.05. The lowest BCUT2D eigenvalue weighted by molar-refractivity contribution is 0.257. The summed E-state index contributed by atoms with van der Waals surface area (Å²) in [6.07, 6.45) is 0. The second-order valence-electron chi connectivity index (χ2n) is 1.55. The van der Waals surface area contributed by atoms with Crippen LogP contribution in [-0.4, -0.2) is 15.1 Å². The normalized spacial score (nSPS) is 9.80. The predicted octanol–water partition coefficient (Wildman–Crippen LogP) is 1.72. The number of hydrogen-bond acceptors (Lipinski definition) is 4. The maximum Gasteiger partial charge on any atom is 0.344 e. The fourth-order valence-corrected chi connectivity index (χ4v) is 0.892. The van der Waals surface area contributed by atoms with Crippen molar-refractivity contribution in [3.63, 3.8) is 0 Å². The number of aryl methyl sites for hydroxylation is 1. The van der Waals surface area contributed by atoms with Crippen LogP contribution in [-0.2, 0) is 0 Å². The van der Waals surface area contributed by atoms with Crippen molar-refractivity contribution in [1.29, 1.82) is 0 Å². The van der Waals surface area contributed by atoms with Crippen LogP contribution < -0.4 is 0 Å². The summed E-state index contributed by atoms with van der Waals surface area (Å²) in [6.45, 7) is 1.58. The van der Waals surface area contributed by atoms with Crippen LogP contribution in [0.4, 0.5) is 4.79 Å². The van der Waals surface area contributed by atoms with E-state index < -0.39 is 5.37 Å². The van der Waals surface area contributed by atoms with Crippen LogP contribution in [0.15, 0.2) is 4.42 Å². The van der Waals surface area contributed by atoms with Gasteiger partial charge in [-0.3, -0.25) is 4.79 Å². The van der Waals surface area contributed by atoms with E-state index >= 15 is 0 Å². The van der Waals surface area contributed by atoms with Crippen LogP contribution in [0.2, 0.25) is 0 Å². The lowest BCUT2D eigenvalue weighted by Crippen LogP contribution is -2.03. The molecule has 0 aliphatic rings. The van der Waals surface area contributed by atoms with E-state index in [4.69, 9.17) is 16.0 Å². The van der Waals surface area contributed by atoms with Crippen molar-refractivity contribution in [2.24, 2.45) is 0 Å². The second kappa shape index (κ2) is 2.51. The van der Waals surface area contributed by atoms with E-state index in [2.05, 4.69) is 17.3 Å². The van der Waals surface area contributed by atoms with Gasteiger partial charge in [0.1, 0.15) is 0 Å². The van der Waals surface area contributed by atoms with Crippen molar-refractivity contribution < 1.29 is 9.21 Å². The van der Waals surface area contributed by atoms with Gasteiger partial charge in [0.15, 0.2) is 0 Å². The Labute approximate surface area is 66.4 Å². The Kier molecular flexibility index (Phi) is 1.87. The topological polar surface area (TPSA) is 48.0 Å². The second-order valence-corrected chi connectivity index (χ2v) is 2.22. The fourth-order valence-electron chi connectivity index (χ4n) is 0.483. The molecule has 0 amide bonds. The molecule has 0 N–H and O–H groups in total. The van der Waals surface area contributed by atoms with Crippen LogP contribution in [0.3, 0.4) is 0 Å². The molecule has 1 heterocycles. The highest BCUT2D eigenvalue weighted by atomic mass is 35.5. The maximum absolute atomic E-state index is 10.4. The molecule has 0 atom stereocenters. The number of hydrogen-bond donors (Lipinski definition) is 0. The molecule has 0 aliphatic carbocycles. The zero-order valence-corrected chi connectivity index (χ0v) is 6.57. The minimum atomic E-state index is -0.762. The van der Waals surface area contributed by atoms with Gasteiger partial charge in [0.25, 0.3) is 4.84 Å². The lowest BCUT2D eigenvalue weighted by Gasteiger charge is -1.82. The molecule has 1 aromatic rings. The van der Waals surface area contributed by atoms with Gasteiger partial charge in [0.05, 0.1) is 0 Å². The van der Waals surface area contributed by atoms with Crippen LogP contribution in [0.5, 0.6) is 0 Å². The summed E-state index contributed by atoms with van der Waals surface area (Å²) in [5.41, 5.74) is 0. The Balaban J connectivity index is 3.29. The van der Waals surface area contributed by atoms with E-state index in [1.807, 2.05) is 0 Å². The van der Waals surface area contributed by atoms with E-state index in [9.17, 15) is 4.79 Å². The van der Waals surface area contributed by atoms with Crippen molar-refractivity contribution in [2.75, 3.05) is 0 Å². The molecule has 0 saturated carbocycles. The number of aromatic nitrogens is 2. The van der Waals surface area contributed by atoms with Crippen LogP contribution in [0.25, 0.3) is 0 Å². The first-order valence-corrected chi connectivity index (χ1v) is 3.16. The molecule has 4 nitrogen and oxygen atoms in total. The van der Waals surface area contributed by atoms with E-state index in [0.717, 1.165) is 4.68 Å². The molecule has 6 heteroatoms. The third-order valence-electron chi connectivity index (χ3n) is 0.815. The lowest BCUT2D eigenvalue weighted by atomic mass is 10.8.